The SMILES string of the molecule is CC/C=C\C/C=C\C/C=C\C/C=C\C/C=C\C/C=C\C/C=C\CCCCCCCCCC(=O)OCC(COC(=O)CCCCCCCCCCC)OC(=O)CCCCCCC/C=C\CCCC. The average molecular weight is 931 g/mol. The van der Waals surface area contributed by atoms with Gasteiger partial charge in [0, 0.05) is 19.3 Å². The summed E-state index contributed by atoms with van der Waals surface area (Å²) in [4.78, 5) is 37.9. The zero-order valence-corrected chi connectivity index (χ0v) is 43.6. The standard InChI is InChI=1S/C61H102O6/c1-4-7-10-13-16-19-21-22-23-24-25-26-27-28-29-30-31-32-33-34-35-36-37-38-40-42-45-48-51-54-60(63)66-57-58(56-65-59(62)53-50-47-44-41-18-15-12-9-6-3)67-61(64)55-52-49-46-43-39-20-17-14-11-8-5-2/h7,10,14,16-17,19,22-23,25-26,28-29,31-32,34-35,58H,4-6,8-9,11-13,15,18,20-21,24,27,30,33,36-57H2,1-3H3/b10-7-,17-14-,19-16-,23-22-,26-25-,29-28-,32-31-,35-34-. The predicted octanol–water partition coefficient (Wildman–Crippen LogP) is 18.5. The number of esters is 3. The number of carbonyl (C=O) groups is 3. The third-order valence-electron chi connectivity index (χ3n) is 11.6. The fourth-order valence-corrected chi connectivity index (χ4v) is 7.40. The Morgan fingerprint density at radius 3 is 0.970 bits per heavy atom. The van der Waals surface area contributed by atoms with E-state index in [1.807, 2.05) is 0 Å². The Morgan fingerprint density at radius 2 is 0.597 bits per heavy atom. The minimum atomic E-state index is -0.783. The molecule has 0 aliphatic heterocycles. The minimum Gasteiger partial charge on any atom is -0.462 e. The summed E-state index contributed by atoms with van der Waals surface area (Å²) in [6, 6.07) is 0. The number of hydrogen-bond donors (Lipinski definition) is 0. The summed E-state index contributed by atoms with van der Waals surface area (Å²) in [6.45, 7) is 6.44. The highest BCUT2D eigenvalue weighted by Gasteiger charge is 2.19. The van der Waals surface area contributed by atoms with E-state index in [-0.39, 0.29) is 31.1 Å². The lowest BCUT2D eigenvalue weighted by Gasteiger charge is -2.18. The van der Waals surface area contributed by atoms with Crippen LogP contribution in [0.25, 0.3) is 0 Å². The maximum Gasteiger partial charge on any atom is 0.306 e. The molecule has 0 fully saturated rings. The first kappa shape index (κ1) is 63.3. The van der Waals surface area contributed by atoms with Crippen LogP contribution in [0.1, 0.15) is 252 Å². The van der Waals surface area contributed by atoms with E-state index in [4.69, 9.17) is 14.2 Å². The topological polar surface area (TPSA) is 78.9 Å². The molecule has 6 nitrogen and oxygen atoms in total. The molecule has 6 heteroatoms. The molecule has 0 aromatic carbocycles. The van der Waals surface area contributed by atoms with Crippen LogP contribution in [0.4, 0.5) is 0 Å². The molecule has 0 rings (SSSR count). The summed E-state index contributed by atoms with van der Waals surface area (Å²) in [5.74, 6) is -0.909. The van der Waals surface area contributed by atoms with Crippen LogP contribution in [-0.2, 0) is 28.6 Å². The maximum atomic E-state index is 12.7. The van der Waals surface area contributed by atoms with Gasteiger partial charge < -0.3 is 14.2 Å². The molecule has 67 heavy (non-hydrogen) atoms. The Balaban J connectivity index is 4.20. The predicted molar refractivity (Wildman–Crippen MR) is 288 cm³/mol. The van der Waals surface area contributed by atoms with Crippen molar-refractivity contribution in [3.05, 3.63) is 97.2 Å². The first-order chi connectivity index (χ1) is 33.0. The van der Waals surface area contributed by atoms with E-state index in [9.17, 15) is 14.4 Å². The van der Waals surface area contributed by atoms with Crippen molar-refractivity contribution in [2.45, 2.75) is 258 Å². The highest BCUT2D eigenvalue weighted by atomic mass is 16.6. The van der Waals surface area contributed by atoms with Gasteiger partial charge >= 0.3 is 17.9 Å². The Labute approximate surface area is 413 Å². The van der Waals surface area contributed by atoms with Crippen molar-refractivity contribution < 1.29 is 28.6 Å². The van der Waals surface area contributed by atoms with E-state index in [1.54, 1.807) is 0 Å². The zero-order chi connectivity index (χ0) is 48.6. The summed E-state index contributed by atoms with van der Waals surface area (Å²) >= 11 is 0. The van der Waals surface area contributed by atoms with E-state index in [0.717, 1.165) is 122 Å². The molecule has 0 aliphatic rings. The molecule has 0 N–H and O–H groups in total. The van der Waals surface area contributed by atoms with E-state index in [1.165, 1.54) is 89.9 Å². The third-order valence-corrected chi connectivity index (χ3v) is 11.6. The van der Waals surface area contributed by atoms with Gasteiger partial charge in [-0.15, -0.1) is 0 Å². The van der Waals surface area contributed by atoms with Crippen molar-refractivity contribution in [1.29, 1.82) is 0 Å². The van der Waals surface area contributed by atoms with Gasteiger partial charge in [0.1, 0.15) is 13.2 Å². The van der Waals surface area contributed by atoms with Crippen LogP contribution in [0, 0.1) is 0 Å². The van der Waals surface area contributed by atoms with Crippen molar-refractivity contribution in [3.8, 4) is 0 Å². The van der Waals surface area contributed by atoms with Crippen LogP contribution in [0.5, 0.6) is 0 Å². The van der Waals surface area contributed by atoms with Gasteiger partial charge in [0.2, 0.25) is 0 Å². The van der Waals surface area contributed by atoms with Gasteiger partial charge in [-0.25, -0.2) is 0 Å². The molecule has 0 amide bonds. The zero-order valence-electron chi connectivity index (χ0n) is 43.6. The Hall–Kier alpha value is -3.67. The molecule has 0 aromatic rings. The van der Waals surface area contributed by atoms with E-state index < -0.39 is 6.10 Å². The molecular weight excluding hydrogens is 829 g/mol. The average Bonchev–Trinajstić information content (AvgIpc) is 3.33. The van der Waals surface area contributed by atoms with Crippen molar-refractivity contribution in [2.24, 2.45) is 0 Å². The largest absolute Gasteiger partial charge is 0.462 e. The first-order valence-electron chi connectivity index (χ1n) is 27.7. The molecule has 1 unspecified atom stereocenters. The van der Waals surface area contributed by atoms with Crippen molar-refractivity contribution in [3.63, 3.8) is 0 Å². The molecule has 0 heterocycles. The smallest absolute Gasteiger partial charge is 0.306 e. The Morgan fingerprint density at radius 1 is 0.313 bits per heavy atom. The lowest BCUT2D eigenvalue weighted by Crippen LogP contribution is -2.30. The molecular formula is C61H102O6. The molecule has 0 aliphatic carbocycles. The molecule has 0 saturated heterocycles. The number of allylic oxidation sites excluding steroid dienone is 16. The van der Waals surface area contributed by atoms with E-state index in [2.05, 4.69) is 118 Å². The molecule has 0 aromatic heterocycles. The Bertz CT molecular complexity index is 1350. The fraction of sp³-hybridized carbons (Fsp3) is 0.689. The van der Waals surface area contributed by atoms with Crippen LogP contribution in [-0.4, -0.2) is 37.2 Å². The van der Waals surface area contributed by atoms with Gasteiger partial charge in [0.15, 0.2) is 6.10 Å². The highest BCUT2D eigenvalue weighted by Crippen LogP contribution is 2.14. The van der Waals surface area contributed by atoms with E-state index in [0.29, 0.717) is 19.3 Å². The number of hydrogen-bond acceptors (Lipinski definition) is 6. The number of unbranched alkanes of at least 4 members (excludes halogenated alkanes) is 22. The van der Waals surface area contributed by atoms with Gasteiger partial charge in [0.05, 0.1) is 0 Å². The molecule has 0 spiro atoms. The number of carbonyl (C=O) groups excluding carboxylic acids is 3. The second kappa shape index (κ2) is 54.9. The summed E-state index contributed by atoms with van der Waals surface area (Å²) < 4.78 is 16.7. The summed E-state index contributed by atoms with van der Waals surface area (Å²) in [5, 5.41) is 0. The molecule has 0 radical (unpaired) electrons. The maximum absolute atomic E-state index is 12.7. The van der Waals surface area contributed by atoms with Crippen LogP contribution in [0.2, 0.25) is 0 Å². The van der Waals surface area contributed by atoms with Crippen LogP contribution in [0.15, 0.2) is 97.2 Å². The number of rotatable bonds is 49. The quantitative estimate of drug-likeness (QED) is 0.0262. The molecule has 1 atom stereocenters. The lowest BCUT2D eigenvalue weighted by molar-refractivity contribution is -0.167. The summed E-state index contributed by atoms with van der Waals surface area (Å²) in [7, 11) is 0. The van der Waals surface area contributed by atoms with Crippen LogP contribution < -0.4 is 0 Å². The molecule has 382 valence electrons. The third kappa shape index (κ3) is 53.2. The van der Waals surface area contributed by atoms with Crippen molar-refractivity contribution in [1.82, 2.24) is 0 Å². The fourth-order valence-electron chi connectivity index (χ4n) is 7.40. The van der Waals surface area contributed by atoms with Crippen molar-refractivity contribution in [2.75, 3.05) is 13.2 Å². The Kier molecular flexibility index (Phi) is 51.9. The second-order valence-corrected chi connectivity index (χ2v) is 18.1. The van der Waals surface area contributed by atoms with Gasteiger partial charge in [-0.2, -0.15) is 0 Å². The minimum absolute atomic E-state index is 0.0830. The normalized spacial score (nSPS) is 12.8. The van der Waals surface area contributed by atoms with Crippen LogP contribution >= 0.6 is 0 Å². The lowest BCUT2D eigenvalue weighted by atomic mass is 10.1. The van der Waals surface area contributed by atoms with Crippen molar-refractivity contribution >= 4 is 17.9 Å². The van der Waals surface area contributed by atoms with Gasteiger partial charge in [0.25, 0.3) is 0 Å². The first-order valence-corrected chi connectivity index (χ1v) is 27.7. The van der Waals surface area contributed by atoms with Gasteiger partial charge in [-0.05, 0) is 96.3 Å². The monoisotopic (exact) mass is 931 g/mol. The summed E-state index contributed by atoms with van der Waals surface area (Å²) in [6.07, 6.45) is 72.7. The van der Waals surface area contributed by atoms with E-state index >= 15 is 0 Å². The highest BCUT2D eigenvalue weighted by molar-refractivity contribution is 5.71. The molecule has 0 bridgehead atoms. The van der Waals surface area contributed by atoms with Crippen LogP contribution in [0.3, 0.4) is 0 Å². The second-order valence-electron chi connectivity index (χ2n) is 18.1. The number of ether oxygens (including phenoxy) is 3. The summed E-state index contributed by atoms with van der Waals surface area (Å²) in [5.41, 5.74) is 0. The molecule has 0 saturated carbocycles. The van der Waals surface area contributed by atoms with Gasteiger partial charge in [-0.3, -0.25) is 14.4 Å². The van der Waals surface area contributed by atoms with Gasteiger partial charge in [-0.1, -0.05) is 234 Å².